The third-order valence-corrected chi connectivity index (χ3v) is 14.6. The zero-order valence-electron chi connectivity index (χ0n) is 48.6. The third-order valence-electron chi connectivity index (χ3n) is 13.6. The van der Waals surface area contributed by atoms with Gasteiger partial charge in [-0.05, 0) is 51.4 Å². The largest absolute Gasteiger partial charge is 0.756 e. The maximum atomic E-state index is 12.7. The number of phosphoric acid groups is 1. The number of unbranched alkanes of at least 4 members (excludes halogenated alkanes) is 35. The van der Waals surface area contributed by atoms with Crippen molar-refractivity contribution < 1.29 is 42.1 Å². The minimum atomic E-state index is -4.64. The fraction of sp³-hybridized carbons (Fsp3) is 0.841. The quantitative estimate of drug-likeness (QED) is 0.0195. The van der Waals surface area contributed by atoms with Crippen LogP contribution in [0, 0.1) is 0 Å². The van der Waals surface area contributed by atoms with E-state index in [0.29, 0.717) is 17.4 Å². The van der Waals surface area contributed by atoms with Crippen LogP contribution < -0.4 is 4.89 Å². The molecule has 10 heteroatoms. The van der Waals surface area contributed by atoms with Gasteiger partial charge in [0.05, 0.1) is 27.7 Å². The number of phosphoric ester groups is 1. The molecule has 0 aliphatic heterocycles. The Morgan fingerprint density at radius 1 is 0.438 bits per heavy atom. The maximum Gasteiger partial charge on any atom is 0.306 e. The highest BCUT2D eigenvalue weighted by atomic mass is 31.2. The monoisotopic (exact) mass is 1050 g/mol. The molecule has 2 atom stereocenters. The fourth-order valence-electron chi connectivity index (χ4n) is 8.89. The van der Waals surface area contributed by atoms with E-state index in [2.05, 4.69) is 62.5 Å². The zero-order valence-corrected chi connectivity index (χ0v) is 49.5. The van der Waals surface area contributed by atoms with Crippen LogP contribution >= 0.6 is 7.82 Å². The molecule has 0 aromatic carbocycles. The summed E-state index contributed by atoms with van der Waals surface area (Å²) in [5.41, 5.74) is 0. The molecule has 0 amide bonds. The van der Waals surface area contributed by atoms with E-state index in [1.165, 1.54) is 199 Å². The molecule has 0 rings (SSSR count). The Kier molecular flexibility index (Phi) is 53.2. The van der Waals surface area contributed by atoms with Crippen LogP contribution in [0.1, 0.15) is 290 Å². The number of nitrogens with zero attached hydrogens (tertiary/aromatic N) is 1. The Morgan fingerprint density at radius 3 is 1.16 bits per heavy atom. The molecule has 0 N–H and O–H groups in total. The van der Waals surface area contributed by atoms with Gasteiger partial charge in [-0.1, -0.05) is 274 Å². The van der Waals surface area contributed by atoms with Crippen LogP contribution in [0.2, 0.25) is 0 Å². The molecule has 0 saturated heterocycles. The van der Waals surface area contributed by atoms with Gasteiger partial charge in [0.1, 0.15) is 19.8 Å². The van der Waals surface area contributed by atoms with Crippen molar-refractivity contribution in [2.45, 2.75) is 296 Å². The number of carbonyl (C=O) groups is 2. The summed E-state index contributed by atoms with van der Waals surface area (Å²) in [6.07, 6.45) is 69.2. The van der Waals surface area contributed by atoms with Gasteiger partial charge < -0.3 is 27.9 Å². The van der Waals surface area contributed by atoms with Crippen LogP contribution in [0.3, 0.4) is 0 Å². The zero-order chi connectivity index (χ0) is 53.5. The standard InChI is InChI=1S/C63H118NO8P/c1-6-8-10-12-14-16-18-20-22-23-24-25-26-27-28-29-30-31-32-33-34-35-36-37-38-39-40-42-43-45-47-49-51-53-55-62(65)69-59-61(60-71-73(67,68)70-58-57-64(3,4)5)72-63(66)56-54-52-50-48-46-44-41-21-19-17-15-13-11-9-7-2/h9,11,15,17,21,41,46,48,61H,6-8,10,12-14,16,18-20,22-40,42-45,47,49-60H2,1-5H3/b11-9-,17-15-,41-21-,48-46-. The van der Waals surface area contributed by atoms with Crippen molar-refractivity contribution in [3.05, 3.63) is 48.6 Å². The summed E-state index contributed by atoms with van der Waals surface area (Å²) in [5, 5.41) is 0. The number of carbonyl (C=O) groups excluding carboxylic acids is 2. The Bertz CT molecular complexity index is 1370. The van der Waals surface area contributed by atoms with E-state index >= 15 is 0 Å². The van der Waals surface area contributed by atoms with Crippen LogP contribution in [0.15, 0.2) is 48.6 Å². The molecular formula is C63H118NO8P. The third kappa shape index (κ3) is 59.1. The smallest absolute Gasteiger partial charge is 0.306 e. The van der Waals surface area contributed by atoms with Crippen LogP contribution in [0.25, 0.3) is 0 Å². The Hall–Kier alpha value is -2.03. The second-order valence-corrected chi connectivity index (χ2v) is 23.5. The Labute approximate surface area is 452 Å². The van der Waals surface area contributed by atoms with Crippen LogP contribution in [0.4, 0.5) is 0 Å². The summed E-state index contributed by atoms with van der Waals surface area (Å²) in [6.45, 7) is 4.11. The average molecular weight is 1050 g/mol. The Balaban J connectivity index is 3.96. The van der Waals surface area contributed by atoms with E-state index in [0.717, 1.165) is 57.8 Å². The van der Waals surface area contributed by atoms with Crippen LogP contribution in [-0.2, 0) is 32.7 Å². The predicted octanol–water partition coefficient (Wildman–Crippen LogP) is 18.7. The number of allylic oxidation sites excluding steroid dienone is 8. The molecule has 0 aromatic heterocycles. The van der Waals surface area contributed by atoms with E-state index in [9.17, 15) is 19.0 Å². The lowest BCUT2D eigenvalue weighted by Crippen LogP contribution is -2.37. The lowest BCUT2D eigenvalue weighted by molar-refractivity contribution is -0.870. The molecule has 9 nitrogen and oxygen atoms in total. The summed E-state index contributed by atoms with van der Waals surface area (Å²) < 4.78 is 34.1. The molecule has 0 fully saturated rings. The van der Waals surface area contributed by atoms with Crippen molar-refractivity contribution in [2.24, 2.45) is 0 Å². The van der Waals surface area contributed by atoms with Gasteiger partial charge in [0.25, 0.3) is 7.82 Å². The van der Waals surface area contributed by atoms with E-state index in [1.54, 1.807) is 0 Å². The van der Waals surface area contributed by atoms with Crippen LogP contribution in [0.5, 0.6) is 0 Å². The van der Waals surface area contributed by atoms with E-state index in [4.69, 9.17) is 18.5 Å². The number of hydrogen-bond donors (Lipinski definition) is 0. The first-order valence-electron chi connectivity index (χ1n) is 30.8. The highest BCUT2D eigenvalue weighted by molar-refractivity contribution is 7.45. The van der Waals surface area contributed by atoms with Gasteiger partial charge in [-0.15, -0.1) is 0 Å². The number of rotatable bonds is 57. The molecule has 0 saturated carbocycles. The predicted molar refractivity (Wildman–Crippen MR) is 310 cm³/mol. The summed E-state index contributed by atoms with van der Waals surface area (Å²) in [4.78, 5) is 37.8. The van der Waals surface area contributed by atoms with Crippen LogP contribution in [-0.4, -0.2) is 70.0 Å². The van der Waals surface area contributed by atoms with Crippen molar-refractivity contribution in [3.8, 4) is 0 Å². The molecule has 2 unspecified atom stereocenters. The van der Waals surface area contributed by atoms with E-state index in [-0.39, 0.29) is 32.0 Å². The highest BCUT2D eigenvalue weighted by Crippen LogP contribution is 2.38. The number of esters is 2. The molecule has 428 valence electrons. The van der Waals surface area contributed by atoms with Crippen molar-refractivity contribution in [1.82, 2.24) is 0 Å². The van der Waals surface area contributed by atoms with Gasteiger partial charge >= 0.3 is 11.9 Å². The van der Waals surface area contributed by atoms with Gasteiger partial charge in [0.15, 0.2) is 6.10 Å². The molecule has 0 aromatic rings. The number of ether oxygens (including phenoxy) is 2. The first-order valence-corrected chi connectivity index (χ1v) is 32.3. The lowest BCUT2D eigenvalue weighted by atomic mass is 10.0. The lowest BCUT2D eigenvalue weighted by Gasteiger charge is -2.28. The first kappa shape index (κ1) is 71.0. The molecule has 0 radical (unpaired) electrons. The van der Waals surface area contributed by atoms with Crippen molar-refractivity contribution in [2.75, 3.05) is 47.5 Å². The molecule has 0 aliphatic carbocycles. The van der Waals surface area contributed by atoms with E-state index in [1.807, 2.05) is 21.1 Å². The number of likely N-dealkylation sites (N-methyl/N-ethyl adjacent to an activating group) is 1. The summed E-state index contributed by atoms with van der Waals surface area (Å²) >= 11 is 0. The average Bonchev–Trinajstić information content (AvgIpc) is 3.35. The first-order chi connectivity index (χ1) is 35.5. The Morgan fingerprint density at radius 2 is 0.781 bits per heavy atom. The minimum absolute atomic E-state index is 0.0389. The fourth-order valence-corrected chi connectivity index (χ4v) is 9.61. The molecule has 0 heterocycles. The van der Waals surface area contributed by atoms with Gasteiger partial charge in [-0.2, -0.15) is 0 Å². The minimum Gasteiger partial charge on any atom is -0.756 e. The maximum absolute atomic E-state index is 12.7. The summed E-state index contributed by atoms with van der Waals surface area (Å²) in [5.74, 6) is -0.873. The second kappa shape index (κ2) is 54.7. The van der Waals surface area contributed by atoms with Gasteiger partial charge in [-0.25, -0.2) is 0 Å². The van der Waals surface area contributed by atoms with Crippen molar-refractivity contribution in [3.63, 3.8) is 0 Å². The van der Waals surface area contributed by atoms with Gasteiger partial charge in [0.2, 0.25) is 0 Å². The second-order valence-electron chi connectivity index (χ2n) is 22.0. The highest BCUT2D eigenvalue weighted by Gasteiger charge is 2.22. The molecule has 0 aliphatic rings. The summed E-state index contributed by atoms with van der Waals surface area (Å²) in [6, 6.07) is 0. The van der Waals surface area contributed by atoms with Crippen molar-refractivity contribution in [1.29, 1.82) is 0 Å². The molecule has 0 spiro atoms. The van der Waals surface area contributed by atoms with Gasteiger partial charge in [-0.3, -0.25) is 14.2 Å². The van der Waals surface area contributed by atoms with Crippen molar-refractivity contribution >= 4 is 19.8 Å². The normalized spacial score (nSPS) is 13.6. The molecule has 73 heavy (non-hydrogen) atoms. The topological polar surface area (TPSA) is 111 Å². The van der Waals surface area contributed by atoms with E-state index < -0.39 is 26.5 Å². The number of quaternary nitrogens is 1. The number of hydrogen-bond acceptors (Lipinski definition) is 8. The van der Waals surface area contributed by atoms with Gasteiger partial charge in [0, 0.05) is 12.8 Å². The SMILES string of the molecule is CC/C=C\C/C=C\C/C=C\C/C=C\CCCCC(=O)OC(COC(=O)CCCCCCCCCCCCCCCCCCCCCCCCCCCCCCCCCCCC)COP(=O)([O-])OCC[N+](C)(C)C. The molecular weight excluding hydrogens is 930 g/mol. The summed E-state index contributed by atoms with van der Waals surface area (Å²) in [7, 11) is 1.14. The molecule has 0 bridgehead atoms.